The predicted molar refractivity (Wildman–Crippen MR) is 121 cm³/mol. The minimum absolute atomic E-state index is 0.143. The first-order valence-electron chi connectivity index (χ1n) is 10.2. The molecule has 33 heavy (non-hydrogen) atoms. The Labute approximate surface area is 189 Å². The molecule has 3 aromatic rings. The number of rotatable bonds is 6. The topological polar surface area (TPSA) is 102 Å². The SMILES string of the molecule is CCOc1ccc(N2C(=O)c3ccc(C(=O)Nc4cccc(C(=O)OC)c4)cc3C2=O)cc1. The third-order valence-electron chi connectivity index (χ3n) is 5.10. The number of fused-ring (bicyclic) bond motifs is 1. The van der Waals surface area contributed by atoms with Gasteiger partial charge in [0.15, 0.2) is 0 Å². The number of amides is 3. The Morgan fingerprint density at radius 1 is 0.879 bits per heavy atom. The van der Waals surface area contributed by atoms with E-state index >= 15 is 0 Å². The molecule has 0 atom stereocenters. The number of carbonyl (C=O) groups excluding carboxylic acids is 4. The predicted octanol–water partition coefficient (Wildman–Crippen LogP) is 3.92. The van der Waals surface area contributed by atoms with Crippen LogP contribution in [0.3, 0.4) is 0 Å². The van der Waals surface area contributed by atoms with Crippen LogP contribution in [-0.2, 0) is 4.74 Å². The molecule has 0 fully saturated rings. The Morgan fingerprint density at radius 3 is 2.30 bits per heavy atom. The lowest BCUT2D eigenvalue weighted by Gasteiger charge is -2.14. The molecule has 8 nitrogen and oxygen atoms in total. The number of nitrogens with zero attached hydrogens (tertiary/aromatic N) is 1. The molecule has 0 radical (unpaired) electrons. The summed E-state index contributed by atoms with van der Waals surface area (Å²) in [6.07, 6.45) is 0. The van der Waals surface area contributed by atoms with Gasteiger partial charge in [-0.1, -0.05) is 6.07 Å². The van der Waals surface area contributed by atoms with Gasteiger partial charge in [0, 0.05) is 11.3 Å². The van der Waals surface area contributed by atoms with Gasteiger partial charge in [0.25, 0.3) is 17.7 Å². The van der Waals surface area contributed by atoms with Gasteiger partial charge in [-0.2, -0.15) is 0 Å². The molecule has 1 aliphatic heterocycles. The monoisotopic (exact) mass is 444 g/mol. The van der Waals surface area contributed by atoms with Gasteiger partial charge in [0.1, 0.15) is 5.75 Å². The van der Waals surface area contributed by atoms with E-state index in [1.165, 1.54) is 31.4 Å². The highest BCUT2D eigenvalue weighted by Gasteiger charge is 2.37. The number of carbonyl (C=O) groups is 4. The normalized spacial score (nSPS) is 12.4. The van der Waals surface area contributed by atoms with Crippen molar-refractivity contribution in [3.63, 3.8) is 0 Å². The van der Waals surface area contributed by atoms with Crippen LogP contribution >= 0.6 is 0 Å². The van der Waals surface area contributed by atoms with E-state index in [1.807, 2.05) is 6.92 Å². The van der Waals surface area contributed by atoms with E-state index < -0.39 is 23.7 Å². The van der Waals surface area contributed by atoms with Crippen LogP contribution in [0.15, 0.2) is 66.7 Å². The second kappa shape index (κ2) is 8.96. The minimum Gasteiger partial charge on any atom is -0.494 e. The summed E-state index contributed by atoms with van der Waals surface area (Å²) >= 11 is 0. The standard InChI is InChI=1S/C25H20N2O6/c1-3-33-19-10-8-18(9-11-19)27-23(29)20-12-7-15(14-21(20)24(27)30)22(28)26-17-6-4-5-16(13-17)25(31)32-2/h4-14H,3H2,1-2H3,(H,26,28). The van der Waals surface area contributed by atoms with Crippen molar-refractivity contribution in [3.05, 3.63) is 89.0 Å². The molecule has 1 heterocycles. The summed E-state index contributed by atoms with van der Waals surface area (Å²) in [5.74, 6) is -1.35. The van der Waals surface area contributed by atoms with Gasteiger partial charge in [-0.3, -0.25) is 14.4 Å². The number of anilines is 2. The second-order valence-corrected chi connectivity index (χ2v) is 7.16. The highest BCUT2D eigenvalue weighted by molar-refractivity contribution is 6.34. The first kappa shape index (κ1) is 21.8. The molecule has 0 bridgehead atoms. The van der Waals surface area contributed by atoms with Crippen LogP contribution in [0.25, 0.3) is 0 Å². The maximum atomic E-state index is 13.0. The van der Waals surface area contributed by atoms with Crippen LogP contribution in [0, 0.1) is 0 Å². The molecule has 3 aromatic carbocycles. The fourth-order valence-corrected chi connectivity index (χ4v) is 3.52. The lowest BCUT2D eigenvalue weighted by atomic mass is 10.1. The van der Waals surface area contributed by atoms with Gasteiger partial charge >= 0.3 is 5.97 Å². The van der Waals surface area contributed by atoms with Crippen molar-refractivity contribution in [1.29, 1.82) is 0 Å². The smallest absolute Gasteiger partial charge is 0.337 e. The number of nitrogens with one attached hydrogen (secondary N) is 1. The summed E-state index contributed by atoms with van der Waals surface area (Å²) in [5, 5.41) is 2.69. The first-order valence-corrected chi connectivity index (χ1v) is 10.2. The number of imide groups is 1. The molecule has 3 amide bonds. The number of ether oxygens (including phenoxy) is 2. The van der Waals surface area contributed by atoms with Crippen LogP contribution in [-0.4, -0.2) is 37.4 Å². The van der Waals surface area contributed by atoms with E-state index in [0.29, 0.717) is 23.7 Å². The van der Waals surface area contributed by atoms with Crippen molar-refractivity contribution < 1.29 is 28.7 Å². The van der Waals surface area contributed by atoms with Crippen LogP contribution in [0.1, 0.15) is 48.4 Å². The number of hydrogen-bond donors (Lipinski definition) is 1. The van der Waals surface area contributed by atoms with Crippen molar-refractivity contribution in [2.45, 2.75) is 6.92 Å². The lowest BCUT2D eigenvalue weighted by Crippen LogP contribution is -2.29. The molecular formula is C25H20N2O6. The van der Waals surface area contributed by atoms with E-state index in [4.69, 9.17) is 4.74 Å². The average Bonchev–Trinajstić information content (AvgIpc) is 3.09. The van der Waals surface area contributed by atoms with Gasteiger partial charge in [-0.05, 0) is 67.6 Å². The zero-order valence-electron chi connectivity index (χ0n) is 18.0. The number of esters is 1. The van der Waals surface area contributed by atoms with Crippen LogP contribution in [0.2, 0.25) is 0 Å². The number of benzene rings is 3. The molecular weight excluding hydrogens is 424 g/mol. The van der Waals surface area contributed by atoms with Gasteiger partial charge < -0.3 is 14.8 Å². The van der Waals surface area contributed by atoms with E-state index in [1.54, 1.807) is 42.5 Å². The quantitative estimate of drug-likeness (QED) is 0.457. The summed E-state index contributed by atoms with van der Waals surface area (Å²) in [6.45, 7) is 2.37. The van der Waals surface area contributed by atoms with Crippen LogP contribution < -0.4 is 15.0 Å². The largest absolute Gasteiger partial charge is 0.494 e. The highest BCUT2D eigenvalue weighted by Crippen LogP contribution is 2.30. The Kier molecular flexibility index (Phi) is 5.91. The Bertz CT molecular complexity index is 1270. The molecule has 1 aliphatic rings. The van der Waals surface area contributed by atoms with Crippen molar-refractivity contribution >= 4 is 35.1 Å². The van der Waals surface area contributed by atoms with Crippen molar-refractivity contribution in [1.82, 2.24) is 0 Å². The molecule has 4 rings (SSSR count). The first-order chi connectivity index (χ1) is 15.9. The Balaban J connectivity index is 1.56. The molecule has 0 aromatic heterocycles. The third-order valence-corrected chi connectivity index (χ3v) is 5.10. The fourth-order valence-electron chi connectivity index (χ4n) is 3.52. The zero-order valence-corrected chi connectivity index (χ0v) is 18.0. The highest BCUT2D eigenvalue weighted by atomic mass is 16.5. The van der Waals surface area contributed by atoms with E-state index in [-0.39, 0.29) is 22.3 Å². The van der Waals surface area contributed by atoms with Gasteiger partial charge in [-0.25, -0.2) is 9.69 Å². The van der Waals surface area contributed by atoms with E-state index in [2.05, 4.69) is 10.1 Å². The number of methoxy groups -OCH3 is 1. The lowest BCUT2D eigenvalue weighted by molar-refractivity contribution is 0.0600. The summed E-state index contributed by atoms with van der Waals surface area (Å²) in [5.41, 5.74) is 1.66. The molecule has 1 N–H and O–H groups in total. The molecule has 8 heteroatoms. The molecule has 0 saturated carbocycles. The summed E-state index contributed by atoms with van der Waals surface area (Å²) in [7, 11) is 1.27. The van der Waals surface area contributed by atoms with Crippen LogP contribution in [0.5, 0.6) is 5.75 Å². The zero-order chi connectivity index (χ0) is 23.5. The molecule has 0 unspecified atom stereocenters. The van der Waals surface area contributed by atoms with Gasteiger partial charge in [0.05, 0.1) is 36.1 Å². The number of hydrogen-bond acceptors (Lipinski definition) is 6. The van der Waals surface area contributed by atoms with E-state index in [9.17, 15) is 19.2 Å². The van der Waals surface area contributed by atoms with Crippen LogP contribution in [0.4, 0.5) is 11.4 Å². The summed E-state index contributed by atoms with van der Waals surface area (Å²) < 4.78 is 10.1. The third kappa shape index (κ3) is 4.18. The Morgan fingerprint density at radius 2 is 1.61 bits per heavy atom. The molecule has 0 saturated heterocycles. The van der Waals surface area contributed by atoms with Gasteiger partial charge in [-0.15, -0.1) is 0 Å². The molecule has 0 spiro atoms. The fraction of sp³-hybridized carbons (Fsp3) is 0.120. The average molecular weight is 444 g/mol. The van der Waals surface area contributed by atoms with E-state index in [0.717, 1.165) is 4.90 Å². The second-order valence-electron chi connectivity index (χ2n) is 7.16. The minimum atomic E-state index is -0.526. The maximum Gasteiger partial charge on any atom is 0.337 e. The Hall–Kier alpha value is -4.46. The van der Waals surface area contributed by atoms with Crippen molar-refractivity contribution in [3.8, 4) is 5.75 Å². The summed E-state index contributed by atoms with van der Waals surface area (Å²) in [6, 6.07) is 17.3. The molecule has 0 aliphatic carbocycles. The molecule has 166 valence electrons. The summed E-state index contributed by atoms with van der Waals surface area (Å²) in [4.78, 5) is 51.4. The van der Waals surface area contributed by atoms with Crippen molar-refractivity contribution in [2.24, 2.45) is 0 Å². The van der Waals surface area contributed by atoms with Crippen molar-refractivity contribution in [2.75, 3.05) is 23.9 Å². The van der Waals surface area contributed by atoms with Gasteiger partial charge in [0.2, 0.25) is 0 Å². The maximum absolute atomic E-state index is 13.0.